The summed E-state index contributed by atoms with van der Waals surface area (Å²) in [5, 5.41) is 0. The minimum Gasteiger partial charge on any atom is -0.497 e. The van der Waals surface area contributed by atoms with Gasteiger partial charge in [-0.25, -0.2) is 4.79 Å². The fourth-order valence-electron chi connectivity index (χ4n) is 1.50. The third-order valence-electron chi connectivity index (χ3n) is 2.53. The van der Waals surface area contributed by atoms with Gasteiger partial charge in [-0.15, -0.1) is 0 Å². The van der Waals surface area contributed by atoms with Gasteiger partial charge in [-0.1, -0.05) is 0 Å². The maximum Gasteiger partial charge on any atom is 0.343 e. The van der Waals surface area contributed by atoms with Crippen molar-refractivity contribution in [2.75, 3.05) is 7.11 Å². The van der Waals surface area contributed by atoms with Crippen molar-refractivity contribution in [3.8, 4) is 11.5 Å². The van der Waals surface area contributed by atoms with Crippen molar-refractivity contribution in [3.05, 3.63) is 58.1 Å². The number of hydrogen-bond acceptors (Lipinski definition) is 5. The summed E-state index contributed by atoms with van der Waals surface area (Å²) in [6.07, 6.45) is 1.25. The molecular weight excluding hydrogens is 248 g/mol. The van der Waals surface area contributed by atoms with E-state index in [-0.39, 0.29) is 11.5 Å². The second-order valence-electron chi connectivity index (χ2n) is 3.79. The molecule has 5 heteroatoms. The molecule has 19 heavy (non-hydrogen) atoms. The standard InChI is InChI=1S/C14H12O5/c1-9-13(12(15)7-8-18-9)19-14(16)10-3-5-11(17-2)6-4-10/h3-8H,1-2H3. The SMILES string of the molecule is COc1ccc(C(=O)Oc2c(C)occc2=O)cc1. The summed E-state index contributed by atoms with van der Waals surface area (Å²) in [4.78, 5) is 23.4. The summed E-state index contributed by atoms with van der Waals surface area (Å²) in [6, 6.07) is 7.58. The molecule has 1 aromatic heterocycles. The lowest BCUT2D eigenvalue weighted by Crippen LogP contribution is -2.15. The summed E-state index contributed by atoms with van der Waals surface area (Å²) >= 11 is 0. The highest BCUT2D eigenvalue weighted by atomic mass is 16.5. The zero-order valence-electron chi connectivity index (χ0n) is 10.5. The highest BCUT2D eigenvalue weighted by Crippen LogP contribution is 2.15. The fraction of sp³-hybridized carbons (Fsp3) is 0.143. The molecule has 0 fully saturated rings. The van der Waals surface area contributed by atoms with Crippen LogP contribution in [0.1, 0.15) is 16.1 Å². The molecule has 0 aliphatic rings. The second kappa shape index (κ2) is 5.39. The first kappa shape index (κ1) is 12.9. The Morgan fingerprint density at radius 1 is 1.16 bits per heavy atom. The largest absolute Gasteiger partial charge is 0.497 e. The third kappa shape index (κ3) is 2.82. The number of benzene rings is 1. The summed E-state index contributed by atoms with van der Waals surface area (Å²) < 4.78 is 15.1. The smallest absolute Gasteiger partial charge is 0.343 e. The molecule has 1 aromatic carbocycles. The van der Waals surface area contributed by atoms with Gasteiger partial charge in [0.1, 0.15) is 11.5 Å². The van der Waals surface area contributed by atoms with E-state index < -0.39 is 11.4 Å². The van der Waals surface area contributed by atoms with E-state index in [1.807, 2.05) is 0 Å². The Morgan fingerprint density at radius 3 is 2.42 bits per heavy atom. The molecule has 5 nitrogen and oxygen atoms in total. The van der Waals surface area contributed by atoms with E-state index in [9.17, 15) is 9.59 Å². The van der Waals surface area contributed by atoms with Gasteiger partial charge < -0.3 is 13.9 Å². The van der Waals surface area contributed by atoms with Crippen LogP contribution in [0.5, 0.6) is 11.5 Å². The fourth-order valence-corrected chi connectivity index (χ4v) is 1.50. The number of ether oxygens (including phenoxy) is 2. The van der Waals surface area contributed by atoms with Crippen LogP contribution >= 0.6 is 0 Å². The Morgan fingerprint density at radius 2 is 1.84 bits per heavy atom. The van der Waals surface area contributed by atoms with Crippen molar-refractivity contribution in [3.63, 3.8) is 0 Å². The van der Waals surface area contributed by atoms with Crippen LogP contribution in [0, 0.1) is 6.92 Å². The van der Waals surface area contributed by atoms with E-state index in [2.05, 4.69) is 0 Å². The minimum atomic E-state index is -0.621. The molecule has 1 heterocycles. The molecule has 0 amide bonds. The topological polar surface area (TPSA) is 65.7 Å². The lowest BCUT2D eigenvalue weighted by atomic mass is 10.2. The zero-order chi connectivity index (χ0) is 13.8. The lowest BCUT2D eigenvalue weighted by molar-refractivity contribution is 0.0727. The maximum absolute atomic E-state index is 11.9. The van der Waals surface area contributed by atoms with Crippen LogP contribution in [-0.4, -0.2) is 13.1 Å². The van der Waals surface area contributed by atoms with Crippen LogP contribution in [0.4, 0.5) is 0 Å². The molecule has 0 unspecified atom stereocenters. The van der Waals surface area contributed by atoms with Gasteiger partial charge in [0.15, 0.2) is 0 Å². The first-order valence-corrected chi connectivity index (χ1v) is 5.56. The molecule has 0 aliphatic heterocycles. The second-order valence-corrected chi connectivity index (χ2v) is 3.79. The van der Waals surface area contributed by atoms with Crippen LogP contribution in [0.2, 0.25) is 0 Å². The van der Waals surface area contributed by atoms with Crippen molar-refractivity contribution in [1.29, 1.82) is 0 Å². The van der Waals surface area contributed by atoms with Gasteiger partial charge in [-0.3, -0.25) is 4.79 Å². The number of esters is 1. The molecule has 98 valence electrons. The number of methoxy groups -OCH3 is 1. The molecule has 0 saturated heterocycles. The summed E-state index contributed by atoms with van der Waals surface area (Å²) in [5.41, 5.74) is -0.0749. The van der Waals surface area contributed by atoms with E-state index in [1.54, 1.807) is 31.2 Å². The Hall–Kier alpha value is -2.56. The number of hydrogen-bond donors (Lipinski definition) is 0. The number of carbonyl (C=O) groups is 1. The van der Waals surface area contributed by atoms with Gasteiger partial charge in [0.25, 0.3) is 0 Å². The molecule has 2 aromatic rings. The summed E-state index contributed by atoms with van der Waals surface area (Å²) in [5.74, 6) is 0.175. The van der Waals surface area contributed by atoms with E-state index >= 15 is 0 Å². The van der Waals surface area contributed by atoms with Crippen molar-refractivity contribution in [2.45, 2.75) is 6.92 Å². The Labute approximate surface area is 109 Å². The normalized spacial score (nSPS) is 10.0. The molecule has 0 bridgehead atoms. The monoisotopic (exact) mass is 260 g/mol. The van der Waals surface area contributed by atoms with Crippen molar-refractivity contribution >= 4 is 5.97 Å². The molecule has 0 atom stereocenters. The average Bonchev–Trinajstić information content (AvgIpc) is 2.43. The van der Waals surface area contributed by atoms with Gasteiger partial charge >= 0.3 is 5.97 Å². The Bertz CT molecular complexity index is 640. The van der Waals surface area contributed by atoms with Crippen LogP contribution < -0.4 is 14.9 Å². The van der Waals surface area contributed by atoms with Crippen LogP contribution in [0.15, 0.2) is 45.8 Å². The molecule has 0 aliphatic carbocycles. The van der Waals surface area contributed by atoms with Gasteiger partial charge in [0, 0.05) is 6.07 Å². The maximum atomic E-state index is 11.9. The van der Waals surface area contributed by atoms with Crippen LogP contribution in [0.25, 0.3) is 0 Å². The van der Waals surface area contributed by atoms with E-state index in [0.29, 0.717) is 11.3 Å². The lowest BCUT2D eigenvalue weighted by Gasteiger charge is -2.05. The van der Waals surface area contributed by atoms with E-state index in [1.165, 1.54) is 19.4 Å². The first-order chi connectivity index (χ1) is 9.11. The first-order valence-electron chi connectivity index (χ1n) is 5.56. The predicted molar refractivity (Wildman–Crippen MR) is 67.7 cm³/mol. The van der Waals surface area contributed by atoms with E-state index in [4.69, 9.17) is 13.9 Å². The van der Waals surface area contributed by atoms with Gasteiger partial charge in [-0.2, -0.15) is 0 Å². The van der Waals surface area contributed by atoms with Gasteiger partial charge in [-0.05, 0) is 31.2 Å². The van der Waals surface area contributed by atoms with Crippen LogP contribution in [0.3, 0.4) is 0 Å². The van der Waals surface area contributed by atoms with Crippen LogP contribution in [-0.2, 0) is 0 Å². The highest BCUT2D eigenvalue weighted by molar-refractivity contribution is 5.91. The molecular formula is C14H12O5. The number of aryl methyl sites for hydroxylation is 1. The average molecular weight is 260 g/mol. The molecule has 0 N–H and O–H groups in total. The van der Waals surface area contributed by atoms with Gasteiger partial charge in [0.05, 0.1) is 18.9 Å². The highest BCUT2D eigenvalue weighted by Gasteiger charge is 2.14. The molecule has 0 radical (unpaired) electrons. The molecule has 2 rings (SSSR count). The quantitative estimate of drug-likeness (QED) is 0.791. The molecule has 0 spiro atoms. The molecule has 0 saturated carbocycles. The predicted octanol–water partition coefficient (Wildman–Crippen LogP) is 2.18. The van der Waals surface area contributed by atoms with Crippen molar-refractivity contribution < 1.29 is 18.7 Å². The van der Waals surface area contributed by atoms with Crippen molar-refractivity contribution in [1.82, 2.24) is 0 Å². The van der Waals surface area contributed by atoms with Gasteiger partial charge in [0.2, 0.25) is 11.2 Å². The Balaban J connectivity index is 2.23. The minimum absolute atomic E-state index is 0.0941. The zero-order valence-corrected chi connectivity index (χ0v) is 10.5. The number of carbonyl (C=O) groups excluding carboxylic acids is 1. The number of rotatable bonds is 3. The summed E-state index contributed by atoms with van der Waals surface area (Å²) in [6.45, 7) is 1.55. The Kier molecular flexibility index (Phi) is 3.66. The third-order valence-corrected chi connectivity index (χ3v) is 2.53. The summed E-state index contributed by atoms with van der Waals surface area (Å²) in [7, 11) is 1.53. The van der Waals surface area contributed by atoms with E-state index in [0.717, 1.165) is 0 Å². The van der Waals surface area contributed by atoms with Crippen molar-refractivity contribution in [2.24, 2.45) is 0 Å².